The number of hydrogen-bond acceptors (Lipinski definition) is 3. The van der Waals surface area contributed by atoms with Gasteiger partial charge < -0.3 is 0 Å². The molecular formula is C6H11FNO4P. The molecule has 0 aromatic rings. The van der Waals surface area contributed by atoms with Crippen LogP contribution in [0.2, 0.25) is 0 Å². The third kappa shape index (κ3) is 3.85. The molecule has 1 aliphatic carbocycles. The van der Waals surface area contributed by atoms with Gasteiger partial charge in [0.25, 0.3) is 0 Å². The summed E-state index contributed by atoms with van der Waals surface area (Å²) in [6, 6.07) is 0. The summed E-state index contributed by atoms with van der Waals surface area (Å²) in [6.07, 6.45) is 3.34. The van der Waals surface area contributed by atoms with E-state index >= 15 is 0 Å². The lowest BCUT2D eigenvalue weighted by atomic mass is 10.1. The van der Waals surface area contributed by atoms with Crippen molar-refractivity contribution in [1.29, 1.82) is 0 Å². The zero-order valence-electron chi connectivity index (χ0n) is 6.90. The molecule has 1 saturated carbocycles. The predicted octanol–water partition coefficient (Wildman–Crippen LogP) is 1.29. The summed E-state index contributed by atoms with van der Waals surface area (Å²) in [5.41, 5.74) is 1.64. The molecule has 1 rings (SSSR count). The van der Waals surface area contributed by atoms with Crippen molar-refractivity contribution < 1.29 is 23.1 Å². The lowest BCUT2D eigenvalue weighted by molar-refractivity contribution is -0.132. The largest absolute Gasteiger partial charge is 0.532 e. The number of hydrogen-bond donors (Lipinski definition) is 2. The molecule has 76 valence electrons. The second-order valence-electron chi connectivity index (χ2n) is 2.99. The molecule has 1 atom stereocenters. The Kier molecular flexibility index (Phi) is 3.41. The highest BCUT2D eigenvalue weighted by Gasteiger charge is 2.26. The van der Waals surface area contributed by atoms with Crippen molar-refractivity contribution in [1.82, 2.24) is 5.48 Å². The van der Waals surface area contributed by atoms with Crippen LogP contribution in [-0.4, -0.2) is 10.8 Å². The van der Waals surface area contributed by atoms with E-state index in [9.17, 15) is 13.6 Å². The fraction of sp³-hybridized carbons (Fsp3) is 0.833. The van der Waals surface area contributed by atoms with Gasteiger partial charge in [0.1, 0.15) is 0 Å². The van der Waals surface area contributed by atoms with Gasteiger partial charge in [0, 0.05) is 5.92 Å². The van der Waals surface area contributed by atoms with Crippen molar-refractivity contribution in [2.24, 2.45) is 5.92 Å². The van der Waals surface area contributed by atoms with Crippen molar-refractivity contribution in [2.45, 2.75) is 25.7 Å². The fourth-order valence-corrected chi connectivity index (χ4v) is 1.58. The van der Waals surface area contributed by atoms with Gasteiger partial charge in [-0.2, -0.15) is 4.62 Å². The summed E-state index contributed by atoms with van der Waals surface area (Å²) < 4.78 is 25.5. The van der Waals surface area contributed by atoms with E-state index in [-0.39, 0.29) is 5.92 Å². The zero-order chi connectivity index (χ0) is 9.90. The molecule has 7 heteroatoms. The predicted molar refractivity (Wildman–Crippen MR) is 42.1 cm³/mol. The van der Waals surface area contributed by atoms with Crippen molar-refractivity contribution in [2.75, 3.05) is 0 Å². The summed E-state index contributed by atoms with van der Waals surface area (Å²) in [5, 5.41) is 0. The van der Waals surface area contributed by atoms with E-state index in [0.717, 1.165) is 25.7 Å². The van der Waals surface area contributed by atoms with E-state index in [1.54, 1.807) is 5.48 Å². The van der Waals surface area contributed by atoms with E-state index in [4.69, 9.17) is 4.89 Å². The number of carbonyl (C=O) groups is 1. The quantitative estimate of drug-likeness (QED) is 0.544. The van der Waals surface area contributed by atoms with E-state index in [1.165, 1.54) is 0 Å². The minimum Gasteiger partial charge on any atom is -0.298 e. The molecule has 0 heterocycles. The first-order valence-electron chi connectivity index (χ1n) is 4.00. The molecule has 5 nitrogen and oxygen atoms in total. The number of amides is 1. The fourth-order valence-electron chi connectivity index (χ4n) is 1.37. The van der Waals surface area contributed by atoms with Gasteiger partial charge in [-0.05, 0) is 12.8 Å². The Morgan fingerprint density at radius 1 is 1.54 bits per heavy atom. The highest BCUT2D eigenvalue weighted by Crippen LogP contribution is 2.42. The lowest BCUT2D eigenvalue weighted by Gasteiger charge is -2.08. The van der Waals surface area contributed by atoms with Gasteiger partial charge in [-0.25, -0.2) is 10.0 Å². The summed E-state index contributed by atoms with van der Waals surface area (Å²) in [4.78, 5) is 19.1. The Hall–Kier alpha value is -0.450. The minimum absolute atomic E-state index is 0.216. The summed E-state index contributed by atoms with van der Waals surface area (Å²) in [6.45, 7) is 0. The highest BCUT2D eigenvalue weighted by molar-refractivity contribution is 7.46. The molecule has 1 aliphatic rings. The molecule has 1 unspecified atom stereocenters. The normalized spacial score (nSPS) is 22.6. The molecule has 2 N–H and O–H groups in total. The first kappa shape index (κ1) is 10.6. The summed E-state index contributed by atoms with van der Waals surface area (Å²) in [5.74, 6) is -0.740. The average molecular weight is 211 g/mol. The van der Waals surface area contributed by atoms with Crippen LogP contribution in [0.5, 0.6) is 0 Å². The minimum atomic E-state index is -5.09. The molecule has 0 spiro atoms. The maximum Gasteiger partial charge on any atom is 0.532 e. The van der Waals surface area contributed by atoms with Gasteiger partial charge in [0.15, 0.2) is 0 Å². The van der Waals surface area contributed by atoms with Crippen LogP contribution in [0.3, 0.4) is 0 Å². The first-order valence-corrected chi connectivity index (χ1v) is 5.47. The number of halogens is 1. The highest BCUT2D eigenvalue weighted by atomic mass is 31.2. The van der Waals surface area contributed by atoms with Crippen LogP contribution in [0.25, 0.3) is 0 Å². The van der Waals surface area contributed by atoms with Crippen molar-refractivity contribution >= 4 is 13.8 Å². The van der Waals surface area contributed by atoms with Gasteiger partial charge in [-0.1, -0.05) is 12.8 Å². The van der Waals surface area contributed by atoms with Gasteiger partial charge in [0.2, 0.25) is 5.91 Å². The number of rotatable bonds is 3. The second-order valence-corrected chi connectivity index (χ2v) is 4.08. The van der Waals surface area contributed by atoms with Crippen molar-refractivity contribution in [3.8, 4) is 0 Å². The molecule has 1 amide bonds. The molecule has 0 aromatic heterocycles. The Morgan fingerprint density at radius 3 is 2.54 bits per heavy atom. The Balaban J connectivity index is 2.29. The molecule has 0 saturated heterocycles. The SMILES string of the molecule is O=C(NOP(=O)(O)F)C1CCCC1. The smallest absolute Gasteiger partial charge is 0.298 e. The summed E-state index contributed by atoms with van der Waals surface area (Å²) >= 11 is 0. The maximum absolute atomic E-state index is 11.9. The Morgan fingerprint density at radius 2 is 2.08 bits per heavy atom. The molecule has 13 heavy (non-hydrogen) atoms. The number of carbonyl (C=O) groups excluding carboxylic acids is 1. The monoisotopic (exact) mass is 211 g/mol. The van der Waals surface area contributed by atoms with Gasteiger partial charge in [0.05, 0.1) is 0 Å². The Bertz CT molecular complexity index is 235. The molecule has 1 fully saturated rings. The topological polar surface area (TPSA) is 75.6 Å². The lowest BCUT2D eigenvalue weighted by Crippen LogP contribution is -2.28. The van der Waals surface area contributed by atoms with Gasteiger partial charge in [-0.3, -0.25) is 9.69 Å². The second kappa shape index (κ2) is 4.17. The third-order valence-corrected chi connectivity index (χ3v) is 2.30. The zero-order valence-corrected chi connectivity index (χ0v) is 7.80. The summed E-state index contributed by atoms with van der Waals surface area (Å²) in [7, 11) is -5.09. The van der Waals surface area contributed by atoms with E-state index in [1.807, 2.05) is 0 Å². The molecule has 0 aliphatic heterocycles. The standard InChI is InChI=1S/C6H11FNO4P/c7-13(10,11)12-8-6(9)5-3-1-2-4-5/h5H,1-4H2,(H,8,9)(H,10,11). The number of hydroxylamine groups is 1. The van der Waals surface area contributed by atoms with Crippen LogP contribution in [0.1, 0.15) is 25.7 Å². The third-order valence-electron chi connectivity index (χ3n) is 1.98. The van der Waals surface area contributed by atoms with E-state index in [2.05, 4.69) is 4.62 Å². The van der Waals surface area contributed by atoms with Crippen LogP contribution in [0.4, 0.5) is 4.20 Å². The van der Waals surface area contributed by atoms with E-state index < -0.39 is 13.8 Å². The Labute approximate surface area is 74.9 Å². The maximum atomic E-state index is 11.9. The van der Waals surface area contributed by atoms with Crippen LogP contribution in [0.15, 0.2) is 0 Å². The van der Waals surface area contributed by atoms with E-state index in [0.29, 0.717) is 0 Å². The molecular weight excluding hydrogens is 200 g/mol. The van der Waals surface area contributed by atoms with Crippen LogP contribution in [0, 0.1) is 5.92 Å². The van der Waals surface area contributed by atoms with Crippen molar-refractivity contribution in [3.05, 3.63) is 0 Å². The van der Waals surface area contributed by atoms with Gasteiger partial charge in [-0.15, -0.1) is 4.20 Å². The van der Waals surface area contributed by atoms with Crippen LogP contribution in [-0.2, 0) is 14.0 Å². The average Bonchev–Trinajstić information content (AvgIpc) is 2.50. The number of nitrogens with one attached hydrogen (secondary N) is 1. The molecule has 0 radical (unpaired) electrons. The van der Waals surface area contributed by atoms with Crippen molar-refractivity contribution in [3.63, 3.8) is 0 Å². The first-order chi connectivity index (χ1) is 5.99. The molecule has 0 aromatic carbocycles. The van der Waals surface area contributed by atoms with Crippen LogP contribution < -0.4 is 5.48 Å². The van der Waals surface area contributed by atoms with Crippen LogP contribution >= 0.6 is 7.91 Å². The van der Waals surface area contributed by atoms with Gasteiger partial charge >= 0.3 is 7.91 Å². The molecule has 0 bridgehead atoms.